The van der Waals surface area contributed by atoms with Crippen molar-refractivity contribution in [1.29, 1.82) is 0 Å². The Labute approximate surface area is 98.4 Å². The maximum atomic E-state index is 3.52. The van der Waals surface area contributed by atoms with Crippen LogP contribution < -0.4 is 5.32 Å². The van der Waals surface area contributed by atoms with Crippen molar-refractivity contribution >= 4 is 27.3 Å². The van der Waals surface area contributed by atoms with Crippen molar-refractivity contribution < 1.29 is 0 Å². The van der Waals surface area contributed by atoms with Gasteiger partial charge in [0.1, 0.15) is 0 Å². The van der Waals surface area contributed by atoms with Crippen LogP contribution in [-0.2, 0) is 6.54 Å². The fourth-order valence-corrected chi connectivity index (χ4v) is 2.54. The van der Waals surface area contributed by atoms with Gasteiger partial charge in [-0.3, -0.25) is 0 Å². The SMILES string of the molecule is CCN(C)CCNCc1sccc1Br. The van der Waals surface area contributed by atoms with Crippen LogP contribution in [0.3, 0.4) is 0 Å². The maximum Gasteiger partial charge on any atom is 0.0327 e. The molecule has 2 nitrogen and oxygen atoms in total. The molecule has 1 aromatic heterocycles. The highest BCUT2D eigenvalue weighted by atomic mass is 79.9. The number of hydrogen-bond acceptors (Lipinski definition) is 3. The van der Waals surface area contributed by atoms with Crippen molar-refractivity contribution in [1.82, 2.24) is 10.2 Å². The predicted molar refractivity (Wildman–Crippen MR) is 66.9 cm³/mol. The fourth-order valence-electron chi connectivity index (χ4n) is 1.08. The van der Waals surface area contributed by atoms with Gasteiger partial charge in [0, 0.05) is 29.0 Å². The Morgan fingerprint density at radius 1 is 1.57 bits per heavy atom. The lowest BCUT2D eigenvalue weighted by Crippen LogP contribution is -2.28. The largest absolute Gasteiger partial charge is 0.311 e. The lowest BCUT2D eigenvalue weighted by Gasteiger charge is -2.13. The summed E-state index contributed by atoms with van der Waals surface area (Å²) in [6.45, 7) is 6.42. The quantitative estimate of drug-likeness (QED) is 0.804. The summed E-state index contributed by atoms with van der Waals surface area (Å²) in [6.07, 6.45) is 0. The molecule has 0 spiro atoms. The van der Waals surface area contributed by atoms with Gasteiger partial charge in [-0.05, 0) is 41.0 Å². The molecular formula is C10H17BrN2S. The second-order valence-corrected chi connectivity index (χ2v) is 5.12. The predicted octanol–water partition coefficient (Wildman–Crippen LogP) is 2.55. The Kier molecular flexibility index (Phi) is 5.70. The number of halogens is 1. The van der Waals surface area contributed by atoms with Crippen molar-refractivity contribution in [3.63, 3.8) is 0 Å². The van der Waals surface area contributed by atoms with Crippen LogP contribution in [0.4, 0.5) is 0 Å². The van der Waals surface area contributed by atoms with E-state index in [1.54, 1.807) is 11.3 Å². The first-order valence-electron chi connectivity index (χ1n) is 4.85. The van der Waals surface area contributed by atoms with Gasteiger partial charge in [-0.25, -0.2) is 0 Å². The highest BCUT2D eigenvalue weighted by Gasteiger charge is 2.00. The molecule has 0 aliphatic carbocycles. The van der Waals surface area contributed by atoms with E-state index in [1.807, 2.05) is 0 Å². The standard InChI is InChI=1S/C10H17BrN2S/c1-3-13(2)6-5-12-8-10-9(11)4-7-14-10/h4,7,12H,3,5-6,8H2,1-2H3. The molecular weight excluding hydrogens is 260 g/mol. The Morgan fingerprint density at radius 3 is 2.93 bits per heavy atom. The molecule has 0 fully saturated rings. The zero-order valence-corrected chi connectivity index (χ0v) is 11.1. The van der Waals surface area contributed by atoms with E-state index in [0.717, 1.165) is 26.2 Å². The van der Waals surface area contributed by atoms with Crippen LogP contribution in [0.5, 0.6) is 0 Å². The van der Waals surface area contributed by atoms with Crippen LogP contribution >= 0.6 is 27.3 Å². The summed E-state index contributed by atoms with van der Waals surface area (Å²) < 4.78 is 1.22. The molecule has 0 amide bonds. The first kappa shape index (κ1) is 12.2. The first-order valence-corrected chi connectivity index (χ1v) is 6.52. The second-order valence-electron chi connectivity index (χ2n) is 3.26. The summed E-state index contributed by atoms with van der Waals surface area (Å²) in [6, 6.07) is 2.10. The molecule has 80 valence electrons. The normalized spacial score (nSPS) is 11.1. The molecule has 0 radical (unpaired) electrons. The first-order chi connectivity index (χ1) is 6.74. The summed E-state index contributed by atoms with van der Waals surface area (Å²) in [7, 11) is 2.14. The van der Waals surface area contributed by atoms with E-state index >= 15 is 0 Å². The van der Waals surface area contributed by atoms with E-state index in [4.69, 9.17) is 0 Å². The summed E-state index contributed by atoms with van der Waals surface area (Å²) in [5.74, 6) is 0. The molecule has 1 N–H and O–H groups in total. The molecule has 0 aromatic carbocycles. The molecule has 0 atom stereocenters. The number of nitrogens with one attached hydrogen (secondary N) is 1. The van der Waals surface area contributed by atoms with E-state index in [1.165, 1.54) is 9.35 Å². The van der Waals surface area contributed by atoms with Gasteiger partial charge < -0.3 is 10.2 Å². The van der Waals surface area contributed by atoms with Crippen molar-refractivity contribution in [3.05, 3.63) is 20.8 Å². The molecule has 0 aliphatic rings. The van der Waals surface area contributed by atoms with Crippen molar-refractivity contribution in [2.24, 2.45) is 0 Å². The van der Waals surface area contributed by atoms with Gasteiger partial charge in [0.25, 0.3) is 0 Å². The third-order valence-electron chi connectivity index (χ3n) is 2.19. The number of hydrogen-bond donors (Lipinski definition) is 1. The van der Waals surface area contributed by atoms with Crippen LogP contribution in [0.2, 0.25) is 0 Å². The smallest absolute Gasteiger partial charge is 0.0327 e. The Hall–Kier alpha value is 0.100. The maximum absolute atomic E-state index is 3.52. The van der Waals surface area contributed by atoms with Gasteiger partial charge >= 0.3 is 0 Å². The van der Waals surface area contributed by atoms with E-state index in [2.05, 4.69) is 51.6 Å². The minimum atomic E-state index is 0.968. The van der Waals surface area contributed by atoms with Crippen LogP contribution in [0, 0.1) is 0 Å². The van der Waals surface area contributed by atoms with Crippen LogP contribution in [0.25, 0.3) is 0 Å². The summed E-state index contributed by atoms with van der Waals surface area (Å²) in [4.78, 5) is 3.68. The highest BCUT2D eigenvalue weighted by molar-refractivity contribution is 9.10. The van der Waals surface area contributed by atoms with Crippen LogP contribution in [0.15, 0.2) is 15.9 Å². The van der Waals surface area contributed by atoms with Crippen molar-refractivity contribution in [2.45, 2.75) is 13.5 Å². The number of likely N-dealkylation sites (N-methyl/N-ethyl adjacent to an activating group) is 1. The highest BCUT2D eigenvalue weighted by Crippen LogP contribution is 2.21. The topological polar surface area (TPSA) is 15.3 Å². The molecule has 1 heterocycles. The molecule has 0 saturated heterocycles. The van der Waals surface area contributed by atoms with E-state index < -0.39 is 0 Å². The minimum absolute atomic E-state index is 0.968. The summed E-state index contributed by atoms with van der Waals surface area (Å²) in [5, 5.41) is 5.54. The Morgan fingerprint density at radius 2 is 2.36 bits per heavy atom. The van der Waals surface area contributed by atoms with E-state index in [9.17, 15) is 0 Å². The third kappa shape index (κ3) is 4.09. The average Bonchev–Trinajstić information content (AvgIpc) is 2.58. The van der Waals surface area contributed by atoms with Gasteiger partial charge in [0.05, 0.1) is 0 Å². The summed E-state index contributed by atoms with van der Waals surface area (Å²) in [5.41, 5.74) is 0. The zero-order valence-electron chi connectivity index (χ0n) is 8.72. The lowest BCUT2D eigenvalue weighted by molar-refractivity contribution is 0.349. The number of nitrogens with zero attached hydrogens (tertiary/aromatic N) is 1. The monoisotopic (exact) mass is 276 g/mol. The third-order valence-corrected chi connectivity index (χ3v) is 4.11. The Bertz CT molecular complexity index is 262. The lowest BCUT2D eigenvalue weighted by atomic mass is 10.4. The number of rotatable bonds is 6. The van der Waals surface area contributed by atoms with E-state index in [0.29, 0.717) is 0 Å². The van der Waals surface area contributed by atoms with Crippen molar-refractivity contribution in [2.75, 3.05) is 26.7 Å². The van der Waals surface area contributed by atoms with Gasteiger partial charge in [0.2, 0.25) is 0 Å². The van der Waals surface area contributed by atoms with Crippen LogP contribution in [-0.4, -0.2) is 31.6 Å². The molecule has 1 aromatic rings. The molecule has 1 rings (SSSR count). The summed E-state index contributed by atoms with van der Waals surface area (Å²) >= 11 is 5.31. The van der Waals surface area contributed by atoms with Crippen LogP contribution in [0.1, 0.15) is 11.8 Å². The average molecular weight is 277 g/mol. The van der Waals surface area contributed by atoms with Gasteiger partial charge in [-0.2, -0.15) is 0 Å². The molecule has 14 heavy (non-hydrogen) atoms. The van der Waals surface area contributed by atoms with E-state index in [-0.39, 0.29) is 0 Å². The minimum Gasteiger partial charge on any atom is -0.311 e. The molecule has 0 aliphatic heterocycles. The van der Waals surface area contributed by atoms with Gasteiger partial charge in [0.15, 0.2) is 0 Å². The second kappa shape index (κ2) is 6.56. The zero-order chi connectivity index (χ0) is 10.4. The van der Waals surface area contributed by atoms with Crippen molar-refractivity contribution in [3.8, 4) is 0 Å². The van der Waals surface area contributed by atoms with Gasteiger partial charge in [-0.1, -0.05) is 6.92 Å². The number of thiophene rings is 1. The molecule has 0 unspecified atom stereocenters. The molecule has 0 bridgehead atoms. The molecule has 0 saturated carbocycles. The molecule has 4 heteroatoms. The Balaban J connectivity index is 2.13. The van der Waals surface area contributed by atoms with Gasteiger partial charge in [-0.15, -0.1) is 11.3 Å². The fraction of sp³-hybridized carbons (Fsp3) is 0.600.